The van der Waals surface area contributed by atoms with Crippen molar-refractivity contribution in [2.45, 2.75) is 32.9 Å². The molecule has 0 radical (unpaired) electrons. The van der Waals surface area contributed by atoms with Gasteiger partial charge in [-0.1, -0.05) is 6.92 Å². The van der Waals surface area contributed by atoms with Gasteiger partial charge in [-0.15, -0.1) is 0 Å². The monoisotopic (exact) mass is 224 g/mol. The van der Waals surface area contributed by atoms with Crippen LogP contribution >= 0.6 is 0 Å². The van der Waals surface area contributed by atoms with Gasteiger partial charge in [-0.2, -0.15) is 0 Å². The SMILES string of the molecule is CCNC(C)CC(=O)N(C)Cc1ccco1. The molecule has 1 N–H and O–H groups in total. The molecule has 0 saturated carbocycles. The average molecular weight is 224 g/mol. The van der Waals surface area contributed by atoms with E-state index < -0.39 is 0 Å². The molecular formula is C12H20N2O2. The van der Waals surface area contributed by atoms with Gasteiger partial charge in [-0.25, -0.2) is 0 Å². The van der Waals surface area contributed by atoms with Crippen molar-refractivity contribution in [2.75, 3.05) is 13.6 Å². The van der Waals surface area contributed by atoms with E-state index in [-0.39, 0.29) is 11.9 Å². The molecule has 1 aromatic rings. The molecule has 1 amide bonds. The minimum absolute atomic E-state index is 0.129. The molecule has 16 heavy (non-hydrogen) atoms. The number of amides is 1. The highest BCUT2D eigenvalue weighted by Gasteiger charge is 2.13. The van der Waals surface area contributed by atoms with E-state index in [1.807, 2.05) is 26.0 Å². The Morgan fingerprint density at radius 2 is 2.38 bits per heavy atom. The van der Waals surface area contributed by atoms with Gasteiger partial charge in [0.15, 0.2) is 0 Å². The van der Waals surface area contributed by atoms with Gasteiger partial charge in [-0.3, -0.25) is 4.79 Å². The molecule has 0 aliphatic carbocycles. The molecule has 1 unspecified atom stereocenters. The van der Waals surface area contributed by atoms with Gasteiger partial charge >= 0.3 is 0 Å². The Morgan fingerprint density at radius 3 is 2.94 bits per heavy atom. The van der Waals surface area contributed by atoms with Crippen LogP contribution in [-0.2, 0) is 11.3 Å². The largest absolute Gasteiger partial charge is 0.467 e. The Hall–Kier alpha value is -1.29. The Balaban J connectivity index is 2.36. The van der Waals surface area contributed by atoms with Gasteiger partial charge < -0.3 is 14.6 Å². The second kappa shape index (κ2) is 6.33. The normalized spacial score (nSPS) is 12.4. The first-order valence-electron chi connectivity index (χ1n) is 5.63. The third kappa shape index (κ3) is 4.06. The average Bonchev–Trinajstić information content (AvgIpc) is 2.70. The minimum Gasteiger partial charge on any atom is -0.467 e. The zero-order chi connectivity index (χ0) is 12.0. The number of carbonyl (C=O) groups is 1. The molecule has 1 heterocycles. The fourth-order valence-corrected chi connectivity index (χ4v) is 1.56. The van der Waals surface area contributed by atoms with Crippen molar-refractivity contribution in [1.29, 1.82) is 0 Å². The van der Waals surface area contributed by atoms with Gasteiger partial charge in [-0.05, 0) is 25.6 Å². The Morgan fingerprint density at radius 1 is 1.62 bits per heavy atom. The summed E-state index contributed by atoms with van der Waals surface area (Å²) < 4.78 is 5.20. The summed E-state index contributed by atoms with van der Waals surface area (Å²) in [6.07, 6.45) is 2.14. The van der Waals surface area contributed by atoms with Crippen LogP contribution in [0, 0.1) is 0 Å². The Bertz CT molecular complexity index is 309. The van der Waals surface area contributed by atoms with E-state index in [4.69, 9.17) is 4.42 Å². The number of rotatable bonds is 6. The van der Waals surface area contributed by atoms with Crippen molar-refractivity contribution >= 4 is 5.91 Å². The lowest BCUT2D eigenvalue weighted by Crippen LogP contribution is -2.34. The number of hydrogen-bond acceptors (Lipinski definition) is 3. The van der Waals surface area contributed by atoms with Gasteiger partial charge in [0, 0.05) is 19.5 Å². The van der Waals surface area contributed by atoms with Crippen molar-refractivity contribution < 1.29 is 9.21 Å². The summed E-state index contributed by atoms with van der Waals surface area (Å²) in [6.45, 7) is 5.47. The van der Waals surface area contributed by atoms with Crippen molar-refractivity contribution in [3.8, 4) is 0 Å². The van der Waals surface area contributed by atoms with Crippen LogP contribution in [0.15, 0.2) is 22.8 Å². The Labute approximate surface area is 96.6 Å². The second-order valence-electron chi connectivity index (χ2n) is 3.99. The molecule has 4 heteroatoms. The van der Waals surface area contributed by atoms with Crippen LogP contribution in [0.5, 0.6) is 0 Å². The van der Waals surface area contributed by atoms with E-state index >= 15 is 0 Å². The summed E-state index contributed by atoms with van der Waals surface area (Å²) in [5, 5.41) is 3.22. The number of furan rings is 1. The highest BCUT2D eigenvalue weighted by atomic mass is 16.3. The molecule has 0 aliphatic heterocycles. The van der Waals surface area contributed by atoms with Crippen LogP contribution in [-0.4, -0.2) is 30.4 Å². The van der Waals surface area contributed by atoms with Crippen LogP contribution in [0.25, 0.3) is 0 Å². The van der Waals surface area contributed by atoms with Gasteiger partial charge in [0.25, 0.3) is 0 Å². The molecule has 1 atom stereocenters. The fourth-order valence-electron chi connectivity index (χ4n) is 1.56. The first-order valence-corrected chi connectivity index (χ1v) is 5.63. The predicted octanol–water partition coefficient (Wildman–Crippen LogP) is 1.63. The second-order valence-corrected chi connectivity index (χ2v) is 3.99. The summed E-state index contributed by atoms with van der Waals surface area (Å²) >= 11 is 0. The predicted molar refractivity (Wildman–Crippen MR) is 62.9 cm³/mol. The van der Waals surface area contributed by atoms with Gasteiger partial charge in [0.1, 0.15) is 5.76 Å². The summed E-state index contributed by atoms with van der Waals surface area (Å²) in [6, 6.07) is 3.92. The quantitative estimate of drug-likeness (QED) is 0.798. The highest BCUT2D eigenvalue weighted by Crippen LogP contribution is 2.05. The molecule has 0 fully saturated rings. The summed E-state index contributed by atoms with van der Waals surface area (Å²) in [5.41, 5.74) is 0. The van der Waals surface area contributed by atoms with Gasteiger partial charge in [0.2, 0.25) is 5.91 Å². The molecule has 0 saturated heterocycles. The van der Waals surface area contributed by atoms with E-state index in [0.29, 0.717) is 13.0 Å². The topological polar surface area (TPSA) is 45.5 Å². The molecule has 90 valence electrons. The fraction of sp³-hybridized carbons (Fsp3) is 0.583. The van der Waals surface area contributed by atoms with Crippen molar-refractivity contribution in [3.63, 3.8) is 0 Å². The van der Waals surface area contributed by atoms with Crippen molar-refractivity contribution in [3.05, 3.63) is 24.2 Å². The first kappa shape index (κ1) is 12.8. The molecule has 1 aromatic heterocycles. The summed E-state index contributed by atoms with van der Waals surface area (Å²) in [5.74, 6) is 0.941. The van der Waals surface area contributed by atoms with Crippen LogP contribution < -0.4 is 5.32 Å². The Kier molecular flexibility index (Phi) is 5.05. The molecule has 4 nitrogen and oxygen atoms in total. The zero-order valence-electron chi connectivity index (χ0n) is 10.2. The smallest absolute Gasteiger partial charge is 0.224 e. The maximum absolute atomic E-state index is 11.8. The zero-order valence-corrected chi connectivity index (χ0v) is 10.2. The van der Waals surface area contributed by atoms with E-state index in [9.17, 15) is 4.79 Å². The van der Waals surface area contributed by atoms with E-state index in [1.165, 1.54) is 0 Å². The molecule has 0 spiro atoms. The van der Waals surface area contributed by atoms with Crippen molar-refractivity contribution in [1.82, 2.24) is 10.2 Å². The van der Waals surface area contributed by atoms with Crippen LogP contribution in [0.4, 0.5) is 0 Å². The van der Waals surface area contributed by atoms with Crippen LogP contribution in [0.3, 0.4) is 0 Å². The number of hydrogen-bond donors (Lipinski definition) is 1. The van der Waals surface area contributed by atoms with Gasteiger partial charge in [0.05, 0.1) is 12.8 Å². The van der Waals surface area contributed by atoms with Crippen LogP contribution in [0.2, 0.25) is 0 Å². The lowest BCUT2D eigenvalue weighted by atomic mass is 10.2. The van der Waals surface area contributed by atoms with Crippen LogP contribution in [0.1, 0.15) is 26.0 Å². The molecule has 0 aromatic carbocycles. The molecular weight excluding hydrogens is 204 g/mol. The third-order valence-electron chi connectivity index (χ3n) is 2.43. The molecule has 1 rings (SSSR count). The maximum atomic E-state index is 11.8. The van der Waals surface area contributed by atoms with E-state index in [0.717, 1.165) is 12.3 Å². The van der Waals surface area contributed by atoms with E-state index in [2.05, 4.69) is 5.32 Å². The minimum atomic E-state index is 0.129. The summed E-state index contributed by atoms with van der Waals surface area (Å²) in [4.78, 5) is 13.5. The number of nitrogens with one attached hydrogen (secondary N) is 1. The first-order chi connectivity index (χ1) is 7.63. The van der Waals surface area contributed by atoms with Crippen molar-refractivity contribution in [2.24, 2.45) is 0 Å². The highest BCUT2D eigenvalue weighted by molar-refractivity contribution is 5.76. The summed E-state index contributed by atoms with van der Waals surface area (Å²) in [7, 11) is 1.80. The molecule has 0 aliphatic rings. The standard InChI is InChI=1S/C12H20N2O2/c1-4-13-10(2)8-12(15)14(3)9-11-6-5-7-16-11/h5-7,10,13H,4,8-9H2,1-3H3. The maximum Gasteiger partial charge on any atom is 0.224 e. The number of nitrogens with zero attached hydrogens (tertiary/aromatic N) is 1. The molecule has 0 bridgehead atoms. The third-order valence-corrected chi connectivity index (χ3v) is 2.43. The van der Waals surface area contributed by atoms with E-state index in [1.54, 1.807) is 18.2 Å². The number of carbonyl (C=O) groups excluding carboxylic acids is 1. The lowest BCUT2D eigenvalue weighted by molar-refractivity contribution is -0.131. The lowest BCUT2D eigenvalue weighted by Gasteiger charge is -2.18.